The van der Waals surface area contributed by atoms with E-state index in [-0.39, 0.29) is 29.9 Å². The Morgan fingerprint density at radius 2 is 1.86 bits per heavy atom. The Bertz CT molecular complexity index is 634. The first-order valence-electron chi connectivity index (χ1n) is 10.2. The summed E-state index contributed by atoms with van der Waals surface area (Å²) in [4.78, 5) is 29.6. The molecule has 0 aromatic carbocycles. The molecule has 1 unspecified atom stereocenters. The zero-order valence-electron chi connectivity index (χ0n) is 18.3. The third kappa shape index (κ3) is 6.97. The lowest BCUT2D eigenvalue weighted by Gasteiger charge is -2.38. The van der Waals surface area contributed by atoms with E-state index in [0.717, 1.165) is 25.2 Å². The Balaban J connectivity index is 2.13. The number of furan rings is 1. The summed E-state index contributed by atoms with van der Waals surface area (Å²) in [5.74, 6) is 0.655. The predicted octanol–water partition coefficient (Wildman–Crippen LogP) is 3.85. The van der Waals surface area contributed by atoms with Gasteiger partial charge in [0.25, 0.3) is 0 Å². The number of carbonyl (C=O) groups is 2. The fraction of sp³-hybridized carbons (Fsp3) is 0.727. The van der Waals surface area contributed by atoms with Gasteiger partial charge < -0.3 is 19.0 Å². The molecule has 2 amide bonds. The van der Waals surface area contributed by atoms with Gasteiger partial charge in [0.1, 0.15) is 12.3 Å². The molecule has 0 N–H and O–H groups in total. The van der Waals surface area contributed by atoms with Crippen molar-refractivity contribution in [1.82, 2.24) is 9.80 Å². The van der Waals surface area contributed by atoms with Crippen LogP contribution in [0.1, 0.15) is 66.6 Å². The van der Waals surface area contributed by atoms with E-state index in [4.69, 9.17) is 9.15 Å². The summed E-state index contributed by atoms with van der Waals surface area (Å²) in [6.07, 6.45) is 4.03. The topological polar surface area (TPSA) is 63.0 Å². The van der Waals surface area contributed by atoms with Gasteiger partial charge in [0, 0.05) is 25.1 Å². The van der Waals surface area contributed by atoms with E-state index in [1.807, 2.05) is 53.7 Å². The van der Waals surface area contributed by atoms with Crippen LogP contribution < -0.4 is 0 Å². The lowest BCUT2D eigenvalue weighted by atomic mass is 9.90. The second kappa shape index (κ2) is 9.12. The largest absolute Gasteiger partial charge is 0.467 e. The van der Waals surface area contributed by atoms with Gasteiger partial charge in [-0.3, -0.25) is 9.59 Å². The first kappa shape index (κ1) is 22.5. The Kier molecular flexibility index (Phi) is 7.32. The molecule has 0 bridgehead atoms. The van der Waals surface area contributed by atoms with Crippen LogP contribution in [-0.2, 0) is 20.9 Å². The highest BCUT2D eigenvalue weighted by molar-refractivity contribution is 5.85. The zero-order valence-corrected chi connectivity index (χ0v) is 18.3. The molecule has 0 spiro atoms. The highest BCUT2D eigenvalue weighted by Gasteiger charge is 2.33. The number of amides is 2. The summed E-state index contributed by atoms with van der Waals surface area (Å²) < 4.78 is 11.2. The van der Waals surface area contributed by atoms with Crippen molar-refractivity contribution >= 4 is 11.8 Å². The first-order chi connectivity index (χ1) is 13.0. The highest BCUT2D eigenvalue weighted by Crippen LogP contribution is 2.24. The minimum Gasteiger partial charge on any atom is -0.467 e. The Hall–Kier alpha value is -1.82. The number of hydrogen-bond donors (Lipinski definition) is 0. The summed E-state index contributed by atoms with van der Waals surface area (Å²) in [5.41, 5.74) is -0.562. The number of ether oxygens (including phenoxy) is 1. The van der Waals surface area contributed by atoms with Crippen LogP contribution >= 0.6 is 0 Å². The molecular weight excluding hydrogens is 356 g/mol. The van der Waals surface area contributed by atoms with E-state index in [1.54, 1.807) is 16.1 Å². The highest BCUT2D eigenvalue weighted by atomic mass is 16.5. The maximum absolute atomic E-state index is 13.2. The van der Waals surface area contributed by atoms with Gasteiger partial charge in [-0.05, 0) is 51.2 Å². The molecule has 1 aromatic heterocycles. The summed E-state index contributed by atoms with van der Waals surface area (Å²) >= 11 is 0. The normalized spacial score (nSPS) is 17.6. The van der Waals surface area contributed by atoms with Crippen molar-refractivity contribution in [3.8, 4) is 0 Å². The van der Waals surface area contributed by atoms with E-state index < -0.39 is 5.54 Å². The fourth-order valence-electron chi connectivity index (χ4n) is 3.36. The van der Waals surface area contributed by atoms with Gasteiger partial charge in [0.05, 0.1) is 18.9 Å². The lowest BCUT2D eigenvalue weighted by molar-refractivity contribution is -0.147. The molecule has 6 nitrogen and oxygen atoms in total. The Morgan fingerprint density at radius 1 is 1.14 bits per heavy atom. The van der Waals surface area contributed by atoms with Gasteiger partial charge in [-0.15, -0.1) is 0 Å². The molecule has 2 heterocycles. The molecule has 1 aromatic rings. The van der Waals surface area contributed by atoms with Crippen molar-refractivity contribution in [1.29, 1.82) is 0 Å². The van der Waals surface area contributed by atoms with E-state index in [1.165, 1.54) is 0 Å². The standard InChI is InChI=1S/C22H36N2O4/c1-21(2,3)13-19(25)24(22(4,5)6)16-20(26)23(14-17-9-7-11-27-17)15-18-10-8-12-28-18/h7,9,11,18H,8,10,12-16H2,1-6H3. The third-order valence-corrected chi connectivity index (χ3v) is 4.81. The quantitative estimate of drug-likeness (QED) is 0.707. The average molecular weight is 393 g/mol. The van der Waals surface area contributed by atoms with Crippen molar-refractivity contribution in [2.75, 3.05) is 19.7 Å². The maximum Gasteiger partial charge on any atom is 0.242 e. The molecule has 0 radical (unpaired) electrons. The van der Waals surface area contributed by atoms with E-state index in [2.05, 4.69) is 0 Å². The van der Waals surface area contributed by atoms with Crippen LogP contribution in [0.5, 0.6) is 0 Å². The third-order valence-electron chi connectivity index (χ3n) is 4.81. The molecule has 0 aliphatic carbocycles. The van der Waals surface area contributed by atoms with Gasteiger partial charge in [0.2, 0.25) is 11.8 Å². The van der Waals surface area contributed by atoms with Crippen molar-refractivity contribution in [2.24, 2.45) is 5.41 Å². The summed E-state index contributed by atoms with van der Waals surface area (Å²) in [5, 5.41) is 0. The summed E-state index contributed by atoms with van der Waals surface area (Å²) in [6, 6.07) is 3.68. The Morgan fingerprint density at radius 3 is 2.36 bits per heavy atom. The van der Waals surface area contributed by atoms with Crippen molar-refractivity contribution in [3.63, 3.8) is 0 Å². The Labute approximate surface area is 169 Å². The summed E-state index contributed by atoms with van der Waals surface area (Å²) in [7, 11) is 0. The average Bonchev–Trinajstić information content (AvgIpc) is 3.22. The van der Waals surface area contributed by atoms with Crippen LogP contribution in [0.3, 0.4) is 0 Å². The van der Waals surface area contributed by atoms with Crippen LogP contribution in [-0.4, -0.2) is 53.0 Å². The number of carbonyl (C=O) groups excluding carboxylic acids is 2. The number of hydrogen-bond acceptors (Lipinski definition) is 4. The zero-order chi connectivity index (χ0) is 20.9. The van der Waals surface area contributed by atoms with Crippen molar-refractivity contribution < 1.29 is 18.7 Å². The van der Waals surface area contributed by atoms with Gasteiger partial charge in [0.15, 0.2) is 0 Å². The molecule has 1 aliphatic heterocycles. The lowest BCUT2D eigenvalue weighted by Crippen LogP contribution is -2.52. The molecule has 1 atom stereocenters. The summed E-state index contributed by atoms with van der Waals surface area (Å²) in [6.45, 7) is 13.7. The smallest absolute Gasteiger partial charge is 0.242 e. The SMILES string of the molecule is CC(C)(C)CC(=O)N(CC(=O)N(Cc1ccco1)CC1CCCO1)C(C)(C)C. The molecule has 1 saturated heterocycles. The number of rotatable bonds is 7. The number of nitrogens with zero attached hydrogens (tertiary/aromatic N) is 2. The molecule has 2 rings (SSSR count). The van der Waals surface area contributed by atoms with E-state index in [9.17, 15) is 9.59 Å². The minimum absolute atomic E-state index is 0.00316. The van der Waals surface area contributed by atoms with Gasteiger partial charge >= 0.3 is 0 Å². The second-order valence-electron chi connectivity index (χ2n) is 9.88. The van der Waals surface area contributed by atoms with Crippen LogP contribution in [0, 0.1) is 5.41 Å². The molecule has 1 aliphatic rings. The van der Waals surface area contributed by atoms with Gasteiger partial charge in [-0.25, -0.2) is 0 Å². The van der Waals surface area contributed by atoms with E-state index >= 15 is 0 Å². The maximum atomic E-state index is 13.2. The van der Waals surface area contributed by atoms with Crippen molar-refractivity contribution in [3.05, 3.63) is 24.2 Å². The van der Waals surface area contributed by atoms with E-state index in [0.29, 0.717) is 19.5 Å². The molecule has 28 heavy (non-hydrogen) atoms. The molecule has 6 heteroatoms. The van der Waals surface area contributed by atoms with Gasteiger partial charge in [-0.1, -0.05) is 20.8 Å². The van der Waals surface area contributed by atoms with Crippen LogP contribution in [0.2, 0.25) is 0 Å². The van der Waals surface area contributed by atoms with Gasteiger partial charge in [-0.2, -0.15) is 0 Å². The molecular formula is C22H36N2O4. The predicted molar refractivity (Wildman–Crippen MR) is 109 cm³/mol. The second-order valence-corrected chi connectivity index (χ2v) is 9.88. The molecule has 158 valence electrons. The first-order valence-corrected chi connectivity index (χ1v) is 10.2. The van der Waals surface area contributed by atoms with Crippen LogP contribution in [0.25, 0.3) is 0 Å². The molecule has 1 fully saturated rings. The monoisotopic (exact) mass is 392 g/mol. The molecule has 0 saturated carbocycles. The fourth-order valence-corrected chi connectivity index (χ4v) is 3.36. The minimum atomic E-state index is -0.432. The van der Waals surface area contributed by atoms with Crippen LogP contribution in [0.4, 0.5) is 0 Å². The van der Waals surface area contributed by atoms with Crippen LogP contribution in [0.15, 0.2) is 22.8 Å². The van der Waals surface area contributed by atoms with Crippen molar-refractivity contribution in [2.45, 2.75) is 79.0 Å².